The van der Waals surface area contributed by atoms with E-state index in [-0.39, 0.29) is 23.7 Å². The molecule has 2 saturated heterocycles. The molecule has 2 fully saturated rings. The molecule has 2 amide bonds. The molecule has 0 aliphatic carbocycles. The first kappa shape index (κ1) is 12.6. The van der Waals surface area contributed by atoms with Crippen LogP contribution >= 0.6 is 0 Å². The van der Waals surface area contributed by atoms with Crippen LogP contribution in [0.2, 0.25) is 0 Å². The lowest BCUT2D eigenvalue weighted by atomic mass is 10.00. The number of hydrogen-bond donors (Lipinski definition) is 0. The summed E-state index contributed by atoms with van der Waals surface area (Å²) in [7, 11) is 0. The number of hydrogen-bond acceptors (Lipinski definition) is 3. The van der Waals surface area contributed by atoms with Crippen molar-refractivity contribution in [3.63, 3.8) is 0 Å². The second kappa shape index (κ2) is 5.17. The van der Waals surface area contributed by atoms with E-state index in [2.05, 4.69) is 4.90 Å². The molecule has 4 nitrogen and oxygen atoms in total. The first-order valence-electron chi connectivity index (χ1n) is 6.69. The zero-order valence-electron chi connectivity index (χ0n) is 10.8. The van der Waals surface area contributed by atoms with Gasteiger partial charge in [0, 0.05) is 24.9 Å². The van der Waals surface area contributed by atoms with Crippen LogP contribution in [0.25, 0.3) is 0 Å². The largest absolute Gasteiger partial charge is 0.302 e. The number of carbonyl (C=O) groups is 2. The van der Waals surface area contributed by atoms with Crippen molar-refractivity contribution in [3.05, 3.63) is 0 Å². The van der Waals surface area contributed by atoms with Crippen molar-refractivity contribution < 1.29 is 9.59 Å². The van der Waals surface area contributed by atoms with Crippen molar-refractivity contribution in [2.75, 3.05) is 26.2 Å². The van der Waals surface area contributed by atoms with E-state index in [1.165, 1.54) is 24.2 Å². The molecule has 2 aliphatic rings. The van der Waals surface area contributed by atoms with Crippen molar-refractivity contribution >= 4 is 11.8 Å². The van der Waals surface area contributed by atoms with Gasteiger partial charge in [-0.1, -0.05) is 20.3 Å². The average Bonchev–Trinajstić information content (AvgIpc) is 2.54. The number of likely N-dealkylation sites (tertiary alicyclic amines) is 2. The van der Waals surface area contributed by atoms with Crippen LogP contribution < -0.4 is 0 Å². The Morgan fingerprint density at radius 3 is 2.00 bits per heavy atom. The molecule has 0 aromatic rings. The minimum absolute atomic E-state index is 0.0134. The molecule has 0 aromatic carbocycles. The van der Waals surface area contributed by atoms with Crippen LogP contribution in [0.5, 0.6) is 0 Å². The summed E-state index contributed by atoms with van der Waals surface area (Å²) in [6.45, 7) is 7.35. The van der Waals surface area contributed by atoms with Crippen molar-refractivity contribution in [2.24, 2.45) is 11.8 Å². The fourth-order valence-electron chi connectivity index (χ4n) is 2.67. The van der Waals surface area contributed by atoms with Gasteiger partial charge in [-0.15, -0.1) is 0 Å². The van der Waals surface area contributed by atoms with Crippen LogP contribution in [0.3, 0.4) is 0 Å². The van der Waals surface area contributed by atoms with Gasteiger partial charge in [-0.3, -0.25) is 14.5 Å². The summed E-state index contributed by atoms with van der Waals surface area (Å²) in [6, 6.07) is 0. The van der Waals surface area contributed by atoms with Crippen LogP contribution in [0, 0.1) is 11.8 Å². The Kier molecular flexibility index (Phi) is 3.82. The molecule has 2 atom stereocenters. The molecule has 0 N–H and O–H groups in total. The van der Waals surface area contributed by atoms with E-state index in [9.17, 15) is 9.59 Å². The molecule has 0 aromatic heterocycles. The van der Waals surface area contributed by atoms with E-state index in [0.717, 1.165) is 19.6 Å². The van der Waals surface area contributed by atoms with E-state index in [4.69, 9.17) is 0 Å². The number of piperidine rings is 1. The molecule has 0 spiro atoms. The topological polar surface area (TPSA) is 40.6 Å². The van der Waals surface area contributed by atoms with Crippen molar-refractivity contribution in [1.29, 1.82) is 0 Å². The quantitative estimate of drug-likeness (QED) is 0.692. The van der Waals surface area contributed by atoms with Crippen LogP contribution in [-0.4, -0.2) is 47.8 Å². The first-order valence-corrected chi connectivity index (χ1v) is 6.69. The number of amides is 2. The smallest absolute Gasteiger partial charge is 0.232 e. The monoisotopic (exact) mass is 238 g/mol. The normalized spacial score (nSPS) is 31.3. The Morgan fingerprint density at radius 1 is 0.941 bits per heavy atom. The van der Waals surface area contributed by atoms with Crippen LogP contribution in [0.4, 0.5) is 0 Å². The van der Waals surface area contributed by atoms with E-state index in [1.54, 1.807) is 0 Å². The summed E-state index contributed by atoms with van der Waals surface area (Å²) < 4.78 is 0. The Bertz CT molecular complexity index is 291. The zero-order valence-corrected chi connectivity index (χ0v) is 10.8. The third-order valence-corrected chi connectivity index (χ3v) is 4.15. The van der Waals surface area contributed by atoms with Gasteiger partial charge in [-0.25, -0.2) is 0 Å². The summed E-state index contributed by atoms with van der Waals surface area (Å²) in [4.78, 5) is 27.6. The van der Waals surface area contributed by atoms with Gasteiger partial charge in [-0.2, -0.15) is 0 Å². The summed E-state index contributed by atoms with van der Waals surface area (Å²) in [5.41, 5.74) is 0. The molecule has 2 rings (SSSR count). The van der Waals surface area contributed by atoms with Gasteiger partial charge >= 0.3 is 0 Å². The van der Waals surface area contributed by atoms with Crippen LogP contribution in [-0.2, 0) is 9.59 Å². The highest BCUT2D eigenvalue weighted by molar-refractivity contribution is 6.04. The van der Waals surface area contributed by atoms with Crippen molar-refractivity contribution in [2.45, 2.75) is 33.1 Å². The number of nitrogens with zero attached hydrogens (tertiary/aromatic N) is 2. The maximum atomic E-state index is 11.9. The lowest BCUT2D eigenvalue weighted by Gasteiger charge is -2.28. The minimum atomic E-state index is -0.135. The maximum absolute atomic E-state index is 11.9. The Hall–Kier alpha value is -0.900. The Morgan fingerprint density at radius 2 is 1.47 bits per heavy atom. The second-order valence-electron chi connectivity index (χ2n) is 5.31. The Balaban J connectivity index is 1.86. The number of carbonyl (C=O) groups excluding carboxylic acids is 2. The van der Waals surface area contributed by atoms with E-state index < -0.39 is 0 Å². The third-order valence-electron chi connectivity index (χ3n) is 4.15. The van der Waals surface area contributed by atoms with Crippen LogP contribution in [0.1, 0.15) is 33.1 Å². The average molecular weight is 238 g/mol. The molecule has 96 valence electrons. The predicted octanol–water partition coefficient (Wildman–Crippen LogP) is 1.11. The molecule has 4 heteroatoms. The van der Waals surface area contributed by atoms with Gasteiger partial charge < -0.3 is 4.90 Å². The minimum Gasteiger partial charge on any atom is -0.302 e. The van der Waals surface area contributed by atoms with Gasteiger partial charge in [-0.05, 0) is 25.9 Å². The summed E-state index contributed by atoms with van der Waals surface area (Å²) in [5.74, 6) is -0.244. The van der Waals surface area contributed by atoms with Crippen molar-refractivity contribution in [1.82, 2.24) is 9.80 Å². The molecule has 0 unspecified atom stereocenters. The molecule has 0 bridgehead atoms. The standard InChI is InChI=1S/C13H22N2O2/c1-10-11(2)13(17)15(12(10)16)9-8-14-6-4-3-5-7-14/h10-11H,3-9H2,1-2H3/t10-,11-/m1/s1. The highest BCUT2D eigenvalue weighted by Gasteiger charge is 2.41. The molecular formula is C13H22N2O2. The van der Waals surface area contributed by atoms with Gasteiger partial charge in [0.1, 0.15) is 0 Å². The SMILES string of the molecule is C[C@H]1C(=O)N(CCN2CCCCC2)C(=O)[C@@H]1C. The molecule has 2 heterocycles. The third kappa shape index (κ3) is 2.51. The van der Waals surface area contributed by atoms with Gasteiger partial charge in [0.25, 0.3) is 0 Å². The number of rotatable bonds is 3. The van der Waals surface area contributed by atoms with Crippen LogP contribution in [0.15, 0.2) is 0 Å². The molecule has 17 heavy (non-hydrogen) atoms. The predicted molar refractivity (Wildman–Crippen MR) is 65.3 cm³/mol. The fourth-order valence-corrected chi connectivity index (χ4v) is 2.67. The molecule has 0 saturated carbocycles. The Labute approximate surface area is 103 Å². The highest BCUT2D eigenvalue weighted by Crippen LogP contribution is 2.25. The lowest BCUT2D eigenvalue weighted by Crippen LogP contribution is -2.40. The zero-order chi connectivity index (χ0) is 12.4. The van der Waals surface area contributed by atoms with Gasteiger partial charge in [0.2, 0.25) is 11.8 Å². The lowest BCUT2D eigenvalue weighted by molar-refractivity contribution is -0.140. The van der Waals surface area contributed by atoms with Gasteiger partial charge in [0.15, 0.2) is 0 Å². The molecule has 2 aliphatic heterocycles. The second-order valence-corrected chi connectivity index (χ2v) is 5.31. The summed E-state index contributed by atoms with van der Waals surface area (Å²) in [5, 5.41) is 0. The first-order chi connectivity index (χ1) is 8.11. The van der Waals surface area contributed by atoms with E-state index in [0.29, 0.717) is 6.54 Å². The van der Waals surface area contributed by atoms with E-state index in [1.807, 2.05) is 13.8 Å². The van der Waals surface area contributed by atoms with Gasteiger partial charge in [0.05, 0.1) is 0 Å². The maximum Gasteiger partial charge on any atom is 0.232 e. The molecular weight excluding hydrogens is 216 g/mol. The summed E-state index contributed by atoms with van der Waals surface area (Å²) >= 11 is 0. The highest BCUT2D eigenvalue weighted by atomic mass is 16.2. The van der Waals surface area contributed by atoms with Crippen molar-refractivity contribution in [3.8, 4) is 0 Å². The number of imide groups is 1. The molecule has 0 radical (unpaired) electrons. The van der Waals surface area contributed by atoms with E-state index >= 15 is 0 Å². The fraction of sp³-hybridized carbons (Fsp3) is 0.846. The summed E-state index contributed by atoms with van der Waals surface area (Å²) in [6.07, 6.45) is 3.80.